The molecule has 186 valence electrons. The highest BCUT2D eigenvalue weighted by molar-refractivity contribution is 9.12. The smallest absolute Gasteiger partial charge is 0.238 e. The van der Waals surface area contributed by atoms with Crippen LogP contribution in [0.1, 0.15) is 29.9 Å². The van der Waals surface area contributed by atoms with Gasteiger partial charge < -0.3 is 5.11 Å². The molecule has 8 heteroatoms. The third-order valence-corrected chi connectivity index (χ3v) is 8.97. The Balaban J connectivity index is 1.47. The van der Waals surface area contributed by atoms with Crippen molar-refractivity contribution in [1.29, 1.82) is 0 Å². The maximum absolute atomic E-state index is 13.9. The van der Waals surface area contributed by atoms with Gasteiger partial charge >= 0.3 is 0 Å². The van der Waals surface area contributed by atoms with Crippen molar-refractivity contribution in [2.75, 3.05) is 4.90 Å². The Hall–Kier alpha value is -3.29. The van der Waals surface area contributed by atoms with Crippen molar-refractivity contribution in [2.45, 2.75) is 25.7 Å². The standard InChI is InChI=1S/C29H21BrClNO5/c1-13-2-5-15(10-22(13)31)32-28(36)18-9-8-17-19(25(18)29(32)37)11-20-26(23(34)12-21(30)27(20)35)24(17)14-3-6-16(33)7-4-14/h2-8,10,12,18-19,24-25,33H,9,11H2,1H3. The zero-order chi connectivity index (χ0) is 26.2. The molecule has 2 amide bonds. The number of ketones is 2. The highest BCUT2D eigenvalue weighted by Crippen LogP contribution is 2.55. The number of rotatable bonds is 2. The third kappa shape index (κ3) is 3.59. The van der Waals surface area contributed by atoms with Crippen molar-refractivity contribution >= 4 is 56.6 Å². The predicted octanol–water partition coefficient (Wildman–Crippen LogP) is 5.32. The highest BCUT2D eigenvalue weighted by Gasteiger charge is 2.56. The number of amides is 2. The van der Waals surface area contributed by atoms with Gasteiger partial charge in [0.25, 0.3) is 0 Å². The number of Topliss-reactive ketones (excluding diaryl/α,β-unsaturated/α-hetero) is 1. The van der Waals surface area contributed by atoms with Crippen LogP contribution in [-0.2, 0) is 19.2 Å². The van der Waals surface area contributed by atoms with Crippen LogP contribution in [-0.4, -0.2) is 28.5 Å². The molecule has 1 aliphatic heterocycles. The molecule has 2 aromatic rings. The summed E-state index contributed by atoms with van der Waals surface area (Å²) in [5.74, 6) is -3.24. The van der Waals surface area contributed by atoms with E-state index in [2.05, 4.69) is 15.9 Å². The number of phenols is 1. The molecule has 4 atom stereocenters. The van der Waals surface area contributed by atoms with Crippen LogP contribution in [0.3, 0.4) is 0 Å². The van der Waals surface area contributed by atoms with Gasteiger partial charge in [0.2, 0.25) is 11.8 Å². The molecule has 2 aromatic carbocycles. The maximum atomic E-state index is 13.9. The molecule has 0 spiro atoms. The van der Waals surface area contributed by atoms with Crippen LogP contribution in [0.2, 0.25) is 5.02 Å². The summed E-state index contributed by atoms with van der Waals surface area (Å²) in [4.78, 5) is 55.1. The highest BCUT2D eigenvalue weighted by atomic mass is 79.9. The molecule has 0 saturated carbocycles. The van der Waals surface area contributed by atoms with Crippen LogP contribution >= 0.6 is 27.5 Å². The third-order valence-electron chi connectivity index (χ3n) is 7.97. The van der Waals surface area contributed by atoms with Gasteiger partial charge in [0.15, 0.2) is 11.6 Å². The average Bonchev–Trinajstić information content (AvgIpc) is 3.13. The Morgan fingerprint density at radius 2 is 1.73 bits per heavy atom. The molecule has 3 aliphatic carbocycles. The van der Waals surface area contributed by atoms with Gasteiger partial charge in [-0.3, -0.25) is 19.2 Å². The number of aryl methyl sites for hydroxylation is 1. The average molecular weight is 579 g/mol. The Kier molecular flexibility index (Phi) is 5.62. The first kappa shape index (κ1) is 24.1. The van der Waals surface area contributed by atoms with Gasteiger partial charge in [0.1, 0.15) is 5.75 Å². The quantitative estimate of drug-likeness (QED) is 0.296. The van der Waals surface area contributed by atoms with Crippen LogP contribution in [0.5, 0.6) is 5.75 Å². The topological polar surface area (TPSA) is 91.8 Å². The summed E-state index contributed by atoms with van der Waals surface area (Å²) in [6.07, 6.45) is 3.82. The lowest BCUT2D eigenvalue weighted by atomic mass is 9.59. The fourth-order valence-electron chi connectivity index (χ4n) is 6.23. The molecule has 1 saturated heterocycles. The second-order valence-electron chi connectivity index (χ2n) is 9.93. The predicted molar refractivity (Wildman–Crippen MR) is 141 cm³/mol. The number of anilines is 1. The van der Waals surface area contributed by atoms with Gasteiger partial charge in [-0.25, -0.2) is 4.90 Å². The number of benzene rings is 2. The fraction of sp³-hybridized carbons (Fsp3) is 0.241. The van der Waals surface area contributed by atoms with Gasteiger partial charge in [0, 0.05) is 28.2 Å². The normalized spacial score (nSPS) is 27.1. The van der Waals surface area contributed by atoms with Gasteiger partial charge in [-0.15, -0.1) is 0 Å². The summed E-state index contributed by atoms with van der Waals surface area (Å²) in [5, 5.41) is 10.3. The fourth-order valence-corrected chi connectivity index (χ4v) is 6.85. The number of halogens is 2. The van der Waals surface area contributed by atoms with E-state index in [9.17, 15) is 24.3 Å². The summed E-state index contributed by atoms with van der Waals surface area (Å²) in [6, 6.07) is 11.7. The Morgan fingerprint density at radius 3 is 2.43 bits per heavy atom. The first-order valence-corrected chi connectivity index (χ1v) is 13.2. The van der Waals surface area contributed by atoms with Crippen molar-refractivity contribution in [3.63, 3.8) is 0 Å². The van der Waals surface area contributed by atoms with E-state index in [0.29, 0.717) is 28.3 Å². The molecule has 6 rings (SSSR count). The minimum absolute atomic E-state index is 0.0839. The van der Waals surface area contributed by atoms with Crippen molar-refractivity contribution < 1.29 is 24.3 Å². The molecule has 37 heavy (non-hydrogen) atoms. The van der Waals surface area contributed by atoms with Gasteiger partial charge in [-0.05, 0) is 77.0 Å². The van der Waals surface area contributed by atoms with E-state index in [1.54, 1.807) is 42.5 Å². The number of fused-ring (bicyclic) bond motifs is 3. The number of allylic oxidation sites excluding steroid dienone is 6. The van der Waals surface area contributed by atoms with Crippen molar-refractivity contribution in [3.05, 3.63) is 92.0 Å². The van der Waals surface area contributed by atoms with Crippen molar-refractivity contribution in [1.82, 2.24) is 0 Å². The van der Waals surface area contributed by atoms with Crippen LogP contribution in [0.4, 0.5) is 5.69 Å². The van der Waals surface area contributed by atoms with Gasteiger partial charge in [-0.2, -0.15) is 0 Å². The number of carbonyl (C=O) groups is 4. The summed E-state index contributed by atoms with van der Waals surface area (Å²) < 4.78 is 0.185. The number of nitrogens with zero attached hydrogens (tertiary/aromatic N) is 1. The van der Waals surface area contributed by atoms with Gasteiger partial charge in [0.05, 0.1) is 22.0 Å². The number of aromatic hydroxyl groups is 1. The van der Waals surface area contributed by atoms with Crippen molar-refractivity contribution in [3.8, 4) is 5.75 Å². The Bertz CT molecular complexity index is 1520. The minimum atomic E-state index is -0.658. The second-order valence-corrected chi connectivity index (χ2v) is 11.2. The molecule has 0 aromatic heterocycles. The van der Waals surface area contributed by atoms with Crippen LogP contribution in [0, 0.1) is 24.7 Å². The molecule has 0 radical (unpaired) electrons. The molecule has 1 heterocycles. The number of imide groups is 1. The minimum Gasteiger partial charge on any atom is -0.508 e. The SMILES string of the molecule is Cc1ccc(N2C(=O)C3CC=C4C(c5ccc(O)cc5)C5=C(CC4C3C2=O)C(=O)C(Br)=CC5=O)cc1Cl. The summed E-state index contributed by atoms with van der Waals surface area (Å²) >= 11 is 9.53. The molecule has 0 bridgehead atoms. The Morgan fingerprint density at radius 1 is 1.00 bits per heavy atom. The zero-order valence-corrected chi connectivity index (χ0v) is 22.0. The zero-order valence-electron chi connectivity index (χ0n) is 19.7. The molecule has 4 unspecified atom stereocenters. The van der Waals surface area contributed by atoms with E-state index in [4.69, 9.17) is 11.6 Å². The van der Waals surface area contributed by atoms with E-state index in [1.165, 1.54) is 11.0 Å². The summed E-state index contributed by atoms with van der Waals surface area (Å²) in [7, 11) is 0. The second kappa shape index (κ2) is 8.64. The first-order valence-electron chi connectivity index (χ1n) is 12.0. The molecule has 6 nitrogen and oxygen atoms in total. The molecule has 4 aliphatic rings. The summed E-state index contributed by atoms with van der Waals surface area (Å²) in [5.41, 5.74) is 3.65. The molecule has 1 fully saturated rings. The number of hydrogen-bond acceptors (Lipinski definition) is 5. The lowest BCUT2D eigenvalue weighted by molar-refractivity contribution is -0.123. The monoisotopic (exact) mass is 577 g/mol. The molecular formula is C29H21BrClNO5. The largest absolute Gasteiger partial charge is 0.508 e. The van der Waals surface area contributed by atoms with Crippen LogP contribution < -0.4 is 4.90 Å². The Labute approximate surface area is 226 Å². The number of phenolic OH excluding ortho intramolecular Hbond substituents is 1. The lowest BCUT2D eigenvalue weighted by Crippen LogP contribution is -2.39. The maximum Gasteiger partial charge on any atom is 0.238 e. The van der Waals surface area contributed by atoms with Gasteiger partial charge in [-0.1, -0.05) is 41.4 Å². The molecular weight excluding hydrogens is 558 g/mol. The van der Waals surface area contributed by atoms with Crippen LogP contribution in [0.15, 0.2) is 75.8 Å². The van der Waals surface area contributed by atoms with E-state index in [1.807, 2.05) is 13.0 Å². The number of hydrogen-bond donors (Lipinski definition) is 1. The lowest BCUT2D eigenvalue weighted by Gasteiger charge is -2.42. The summed E-state index contributed by atoms with van der Waals surface area (Å²) in [6.45, 7) is 1.85. The van der Waals surface area contributed by atoms with Crippen molar-refractivity contribution in [2.24, 2.45) is 17.8 Å². The molecule has 1 N–H and O–H groups in total. The first-order chi connectivity index (χ1) is 17.7. The van der Waals surface area contributed by atoms with E-state index >= 15 is 0 Å². The van der Waals surface area contributed by atoms with E-state index < -0.39 is 23.7 Å². The number of carbonyl (C=O) groups excluding carboxylic acids is 4. The van der Waals surface area contributed by atoms with E-state index in [-0.39, 0.29) is 40.0 Å². The van der Waals surface area contributed by atoms with Crippen LogP contribution in [0.25, 0.3) is 0 Å². The van der Waals surface area contributed by atoms with E-state index in [0.717, 1.165) is 16.7 Å².